The smallest absolute Gasteiger partial charge is 0.247 e. The van der Waals surface area contributed by atoms with Crippen molar-refractivity contribution < 1.29 is 12.8 Å². The minimum absolute atomic E-state index is 0.174. The Morgan fingerprint density at radius 1 is 0.833 bits per heavy atom. The van der Waals surface area contributed by atoms with Gasteiger partial charge in [0.25, 0.3) is 0 Å². The molecule has 0 fully saturated rings. The van der Waals surface area contributed by atoms with Gasteiger partial charge >= 0.3 is 0 Å². The van der Waals surface area contributed by atoms with Gasteiger partial charge in [-0.05, 0) is 54.8 Å². The molecule has 7 heteroatoms. The predicted molar refractivity (Wildman–Crippen MR) is 114 cm³/mol. The van der Waals surface area contributed by atoms with Crippen molar-refractivity contribution in [3.05, 3.63) is 101 Å². The molecule has 3 aromatic carbocycles. The van der Waals surface area contributed by atoms with Crippen LogP contribution < -0.4 is 4.72 Å². The summed E-state index contributed by atoms with van der Waals surface area (Å²) in [6.07, 6.45) is 0. The van der Waals surface area contributed by atoms with Crippen molar-refractivity contribution in [1.29, 1.82) is 0 Å². The van der Waals surface area contributed by atoms with Gasteiger partial charge in [-0.3, -0.25) is 0 Å². The van der Waals surface area contributed by atoms with Crippen LogP contribution in [0.3, 0.4) is 0 Å². The Labute approximate surface area is 175 Å². The second kappa shape index (κ2) is 8.22. The molecular weight excluding hydrogens is 398 g/mol. The first kappa shape index (κ1) is 20.0. The second-order valence-corrected chi connectivity index (χ2v) is 8.74. The SMILES string of the molecule is Cc1ccc(S(=O)(=O)NC(c2ccccc2)c2nnc(-c3ccccc3)o2)cc1C. The Hall–Kier alpha value is -3.29. The molecule has 1 N–H and O–H groups in total. The van der Waals surface area contributed by atoms with Crippen molar-refractivity contribution in [2.24, 2.45) is 0 Å². The van der Waals surface area contributed by atoms with Crippen LogP contribution in [0.4, 0.5) is 0 Å². The van der Waals surface area contributed by atoms with E-state index >= 15 is 0 Å². The Morgan fingerprint density at radius 2 is 1.50 bits per heavy atom. The second-order valence-electron chi connectivity index (χ2n) is 7.02. The summed E-state index contributed by atoms with van der Waals surface area (Å²) >= 11 is 0. The number of hydrogen-bond acceptors (Lipinski definition) is 5. The lowest BCUT2D eigenvalue weighted by atomic mass is 10.1. The van der Waals surface area contributed by atoms with E-state index in [0.29, 0.717) is 11.5 Å². The van der Waals surface area contributed by atoms with E-state index in [1.165, 1.54) is 0 Å². The summed E-state index contributed by atoms with van der Waals surface area (Å²) in [6, 6.07) is 22.7. The number of nitrogens with one attached hydrogen (secondary N) is 1. The summed E-state index contributed by atoms with van der Waals surface area (Å²) in [5.41, 5.74) is 3.39. The summed E-state index contributed by atoms with van der Waals surface area (Å²) in [7, 11) is -3.83. The highest BCUT2D eigenvalue weighted by atomic mass is 32.2. The van der Waals surface area contributed by atoms with Crippen LogP contribution in [-0.4, -0.2) is 18.6 Å². The first-order valence-electron chi connectivity index (χ1n) is 9.47. The van der Waals surface area contributed by atoms with Crippen molar-refractivity contribution in [2.45, 2.75) is 24.8 Å². The third kappa shape index (κ3) is 4.17. The molecule has 1 unspecified atom stereocenters. The zero-order valence-electron chi connectivity index (χ0n) is 16.6. The standard InChI is InChI=1S/C23H21N3O3S/c1-16-13-14-20(15-17(16)2)30(27,28)26-21(18-9-5-3-6-10-18)23-25-24-22(29-23)19-11-7-4-8-12-19/h3-15,21,26H,1-2H3. The Morgan fingerprint density at radius 3 is 2.17 bits per heavy atom. The molecular formula is C23H21N3O3S. The molecule has 6 nitrogen and oxygen atoms in total. The van der Waals surface area contributed by atoms with E-state index in [9.17, 15) is 8.42 Å². The molecule has 0 aliphatic rings. The fourth-order valence-electron chi connectivity index (χ4n) is 3.06. The van der Waals surface area contributed by atoms with Gasteiger partial charge in [0.1, 0.15) is 6.04 Å². The lowest BCUT2D eigenvalue weighted by molar-refractivity contribution is 0.464. The summed E-state index contributed by atoms with van der Waals surface area (Å²) in [5.74, 6) is 0.504. The molecule has 1 aromatic heterocycles. The molecule has 4 rings (SSSR count). The molecule has 30 heavy (non-hydrogen) atoms. The van der Waals surface area contributed by atoms with Gasteiger partial charge in [0.2, 0.25) is 21.8 Å². The number of hydrogen-bond donors (Lipinski definition) is 1. The summed E-state index contributed by atoms with van der Waals surface area (Å²) in [5, 5.41) is 8.25. The largest absolute Gasteiger partial charge is 0.419 e. The highest BCUT2D eigenvalue weighted by Gasteiger charge is 2.27. The lowest BCUT2D eigenvalue weighted by Gasteiger charge is -2.16. The van der Waals surface area contributed by atoms with Gasteiger partial charge in [-0.15, -0.1) is 10.2 Å². The molecule has 1 atom stereocenters. The van der Waals surface area contributed by atoms with E-state index in [2.05, 4.69) is 14.9 Å². The van der Waals surface area contributed by atoms with Crippen LogP contribution in [-0.2, 0) is 10.0 Å². The van der Waals surface area contributed by atoms with Crippen LogP contribution in [0, 0.1) is 13.8 Å². The monoisotopic (exact) mass is 419 g/mol. The van der Waals surface area contributed by atoms with Gasteiger partial charge in [-0.25, -0.2) is 8.42 Å². The van der Waals surface area contributed by atoms with E-state index < -0.39 is 16.1 Å². The van der Waals surface area contributed by atoms with Crippen molar-refractivity contribution >= 4 is 10.0 Å². The van der Waals surface area contributed by atoms with Gasteiger partial charge in [0.05, 0.1) is 4.90 Å². The minimum Gasteiger partial charge on any atom is -0.419 e. The Balaban J connectivity index is 1.73. The van der Waals surface area contributed by atoms with Gasteiger partial charge in [0.15, 0.2) is 0 Å². The molecule has 0 saturated carbocycles. The molecule has 0 radical (unpaired) electrons. The Kier molecular flexibility index (Phi) is 5.48. The van der Waals surface area contributed by atoms with Crippen LogP contribution in [0.2, 0.25) is 0 Å². The van der Waals surface area contributed by atoms with Gasteiger partial charge in [0, 0.05) is 5.56 Å². The quantitative estimate of drug-likeness (QED) is 0.500. The maximum Gasteiger partial charge on any atom is 0.247 e. The molecule has 0 aliphatic carbocycles. The minimum atomic E-state index is -3.83. The zero-order valence-corrected chi connectivity index (χ0v) is 17.4. The van der Waals surface area contributed by atoms with Crippen LogP contribution in [0.25, 0.3) is 11.5 Å². The van der Waals surface area contributed by atoms with E-state index in [1.54, 1.807) is 18.2 Å². The first-order valence-corrected chi connectivity index (χ1v) is 11.0. The third-order valence-electron chi connectivity index (χ3n) is 4.90. The van der Waals surface area contributed by atoms with Crippen molar-refractivity contribution in [1.82, 2.24) is 14.9 Å². The van der Waals surface area contributed by atoms with Crippen LogP contribution in [0.5, 0.6) is 0 Å². The number of aromatic nitrogens is 2. The van der Waals surface area contributed by atoms with E-state index in [4.69, 9.17) is 4.42 Å². The fraction of sp³-hybridized carbons (Fsp3) is 0.130. The van der Waals surface area contributed by atoms with Crippen LogP contribution >= 0.6 is 0 Å². The van der Waals surface area contributed by atoms with Gasteiger partial charge < -0.3 is 4.42 Å². The molecule has 0 amide bonds. The topological polar surface area (TPSA) is 85.1 Å². The average molecular weight is 420 g/mol. The number of aryl methyl sites for hydroxylation is 2. The van der Waals surface area contributed by atoms with Crippen molar-refractivity contribution in [2.75, 3.05) is 0 Å². The van der Waals surface area contributed by atoms with Gasteiger partial charge in [-0.2, -0.15) is 4.72 Å². The van der Waals surface area contributed by atoms with E-state index in [0.717, 1.165) is 16.7 Å². The summed E-state index contributed by atoms with van der Waals surface area (Å²) in [6.45, 7) is 3.82. The number of sulfonamides is 1. The van der Waals surface area contributed by atoms with Crippen LogP contribution in [0.1, 0.15) is 28.6 Å². The molecule has 152 valence electrons. The highest BCUT2D eigenvalue weighted by Crippen LogP contribution is 2.27. The average Bonchev–Trinajstić information content (AvgIpc) is 3.25. The maximum absolute atomic E-state index is 13.1. The number of benzene rings is 3. The normalized spacial score (nSPS) is 12.6. The predicted octanol–water partition coefficient (Wildman–Crippen LogP) is 4.42. The molecule has 1 heterocycles. The molecule has 4 aromatic rings. The summed E-state index contributed by atoms with van der Waals surface area (Å²) < 4.78 is 34.8. The molecule has 0 bridgehead atoms. The number of nitrogens with zero attached hydrogens (tertiary/aromatic N) is 2. The third-order valence-corrected chi connectivity index (χ3v) is 6.32. The van der Waals surface area contributed by atoms with Crippen LogP contribution in [0.15, 0.2) is 88.2 Å². The molecule has 0 aliphatic heterocycles. The fourth-order valence-corrected chi connectivity index (χ4v) is 4.32. The number of rotatable bonds is 6. The van der Waals surface area contributed by atoms with Gasteiger partial charge in [-0.1, -0.05) is 54.6 Å². The van der Waals surface area contributed by atoms with E-state index in [1.807, 2.05) is 74.5 Å². The zero-order chi connectivity index (χ0) is 21.1. The first-order chi connectivity index (χ1) is 14.4. The van der Waals surface area contributed by atoms with Crippen molar-refractivity contribution in [3.63, 3.8) is 0 Å². The lowest BCUT2D eigenvalue weighted by Crippen LogP contribution is -2.29. The molecule has 0 spiro atoms. The van der Waals surface area contributed by atoms with E-state index in [-0.39, 0.29) is 10.8 Å². The highest BCUT2D eigenvalue weighted by molar-refractivity contribution is 7.89. The Bertz CT molecular complexity index is 1250. The van der Waals surface area contributed by atoms with Crippen molar-refractivity contribution in [3.8, 4) is 11.5 Å². The maximum atomic E-state index is 13.1. The summed E-state index contributed by atoms with van der Waals surface area (Å²) in [4.78, 5) is 0.189. The molecule has 0 saturated heterocycles.